The molecule has 21 heavy (non-hydrogen) atoms. The van der Waals surface area contributed by atoms with Gasteiger partial charge in [0.1, 0.15) is 11.5 Å². The zero-order chi connectivity index (χ0) is 13.7. The predicted molar refractivity (Wildman–Crippen MR) is 91.3 cm³/mol. The van der Waals surface area contributed by atoms with Crippen LogP contribution < -0.4 is 4.74 Å². The Morgan fingerprint density at radius 1 is 1.00 bits per heavy atom. The summed E-state index contributed by atoms with van der Waals surface area (Å²) in [5.41, 5.74) is 2.55. The molecular weight excluding hydrogens is 350 g/mol. The lowest BCUT2D eigenvalue weighted by molar-refractivity contribution is 0.401. The van der Waals surface area contributed by atoms with Gasteiger partial charge in [-0.05, 0) is 36.9 Å². The minimum absolute atomic E-state index is 0. The molecule has 2 atom stereocenters. The van der Waals surface area contributed by atoms with Crippen LogP contribution in [0.2, 0.25) is 5.02 Å². The van der Waals surface area contributed by atoms with Crippen LogP contribution >= 0.6 is 28.6 Å². The largest absolute Gasteiger partial charge is 0.457 e. The molecule has 0 saturated carbocycles. The van der Waals surface area contributed by atoms with E-state index in [1.807, 2.05) is 18.2 Å². The average molecular weight is 367 g/mol. The third-order valence-corrected chi connectivity index (χ3v) is 4.65. The van der Waals surface area contributed by atoms with Crippen LogP contribution in [-0.2, 0) is 0 Å². The summed E-state index contributed by atoms with van der Waals surface area (Å²) in [6.45, 7) is 2.12. The fourth-order valence-electron chi connectivity index (χ4n) is 3.53. The number of para-hydroxylation sites is 1. The van der Waals surface area contributed by atoms with E-state index in [0.29, 0.717) is 11.8 Å². The minimum atomic E-state index is 0. The highest BCUT2D eigenvalue weighted by atomic mass is 79.9. The Bertz CT molecular complexity index is 676. The molecule has 2 aromatic rings. The monoisotopic (exact) mass is 365 g/mol. The summed E-state index contributed by atoms with van der Waals surface area (Å²) in [6.07, 6.45) is 0. The van der Waals surface area contributed by atoms with Crippen molar-refractivity contribution in [2.75, 3.05) is 20.1 Å². The second-order valence-corrected chi connectivity index (χ2v) is 6.19. The van der Waals surface area contributed by atoms with Gasteiger partial charge in [-0.15, -0.1) is 17.0 Å². The van der Waals surface area contributed by atoms with E-state index < -0.39 is 0 Å². The van der Waals surface area contributed by atoms with Crippen LogP contribution in [0.25, 0.3) is 0 Å². The highest BCUT2D eigenvalue weighted by molar-refractivity contribution is 8.93. The first-order valence-electron chi connectivity index (χ1n) is 6.97. The smallest absolute Gasteiger partial charge is 0.131 e. The van der Waals surface area contributed by atoms with Crippen LogP contribution in [0.4, 0.5) is 0 Å². The normalized spacial score (nSPS) is 23.1. The molecule has 2 nitrogen and oxygen atoms in total. The maximum Gasteiger partial charge on any atom is 0.131 e. The van der Waals surface area contributed by atoms with Crippen molar-refractivity contribution in [3.63, 3.8) is 0 Å². The second-order valence-electron chi connectivity index (χ2n) is 5.76. The van der Waals surface area contributed by atoms with Crippen LogP contribution in [0.1, 0.15) is 23.0 Å². The van der Waals surface area contributed by atoms with Crippen LogP contribution in [0, 0.1) is 0 Å². The lowest BCUT2D eigenvalue weighted by atomic mass is 9.84. The number of benzene rings is 2. The van der Waals surface area contributed by atoms with Gasteiger partial charge in [-0.1, -0.05) is 29.8 Å². The van der Waals surface area contributed by atoms with Crippen molar-refractivity contribution in [3.05, 3.63) is 58.6 Å². The molecule has 1 fully saturated rings. The fraction of sp³-hybridized carbons (Fsp3) is 0.294. The summed E-state index contributed by atoms with van der Waals surface area (Å²) in [5, 5.41) is 0.784. The summed E-state index contributed by atoms with van der Waals surface area (Å²) >= 11 is 6.20. The molecule has 2 aliphatic heterocycles. The van der Waals surface area contributed by atoms with Crippen LogP contribution in [0.3, 0.4) is 0 Å². The zero-order valence-electron chi connectivity index (χ0n) is 11.8. The lowest BCUT2D eigenvalue weighted by Crippen LogP contribution is -2.14. The fourth-order valence-corrected chi connectivity index (χ4v) is 3.71. The molecule has 0 N–H and O–H groups in total. The van der Waals surface area contributed by atoms with Gasteiger partial charge in [0, 0.05) is 35.5 Å². The first-order valence-corrected chi connectivity index (χ1v) is 7.35. The second kappa shape index (κ2) is 5.64. The Morgan fingerprint density at radius 2 is 1.67 bits per heavy atom. The Labute approximate surface area is 140 Å². The third-order valence-electron chi connectivity index (χ3n) is 4.41. The predicted octanol–water partition coefficient (Wildman–Crippen LogP) is 4.84. The van der Waals surface area contributed by atoms with Crippen molar-refractivity contribution >= 4 is 28.6 Å². The Kier molecular flexibility index (Phi) is 4.00. The van der Waals surface area contributed by atoms with Gasteiger partial charge in [0.05, 0.1) is 0 Å². The Balaban J connectivity index is 0.00000132. The molecule has 2 aliphatic rings. The summed E-state index contributed by atoms with van der Waals surface area (Å²) in [4.78, 5) is 2.39. The van der Waals surface area contributed by atoms with Crippen molar-refractivity contribution < 1.29 is 4.74 Å². The van der Waals surface area contributed by atoms with Gasteiger partial charge in [-0.2, -0.15) is 0 Å². The van der Waals surface area contributed by atoms with Crippen molar-refractivity contribution in [1.29, 1.82) is 0 Å². The molecule has 0 aliphatic carbocycles. The molecule has 4 heteroatoms. The van der Waals surface area contributed by atoms with Crippen molar-refractivity contribution in [2.24, 2.45) is 0 Å². The van der Waals surface area contributed by atoms with Gasteiger partial charge >= 0.3 is 0 Å². The number of hydrogen-bond acceptors (Lipinski definition) is 2. The number of likely N-dealkylation sites (tertiary alicyclic amines) is 1. The lowest BCUT2D eigenvalue weighted by Gasteiger charge is -2.17. The number of ether oxygens (including phenoxy) is 1. The van der Waals surface area contributed by atoms with E-state index in [9.17, 15) is 0 Å². The maximum atomic E-state index is 6.20. The van der Waals surface area contributed by atoms with Gasteiger partial charge in [-0.3, -0.25) is 0 Å². The summed E-state index contributed by atoms with van der Waals surface area (Å²) in [6, 6.07) is 14.4. The maximum absolute atomic E-state index is 6.20. The summed E-state index contributed by atoms with van der Waals surface area (Å²) < 4.78 is 6.15. The van der Waals surface area contributed by atoms with E-state index in [1.54, 1.807) is 0 Å². The topological polar surface area (TPSA) is 12.5 Å². The van der Waals surface area contributed by atoms with Crippen molar-refractivity contribution in [2.45, 2.75) is 11.8 Å². The SMILES string of the molecule is Br.CN1C[C@H]2c3ccccc3Oc3ccc(Cl)cc3[C@@H]2C1. The molecule has 2 heterocycles. The molecule has 2 aromatic carbocycles. The number of halogens is 2. The van der Waals surface area contributed by atoms with Gasteiger partial charge in [0.25, 0.3) is 0 Å². The molecule has 0 bridgehead atoms. The summed E-state index contributed by atoms with van der Waals surface area (Å²) in [7, 11) is 2.18. The summed E-state index contributed by atoms with van der Waals surface area (Å²) in [5.74, 6) is 2.87. The van der Waals surface area contributed by atoms with Gasteiger partial charge < -0.3 is 9.64 Å². The van der Waals surface area contributed by atoms with Crippen LogP contribution in [0.5, 0.6) is 11.5 Å². The van der Waals surface area contributed by atoms with Gasteiger partial charge in [0.2, 0.25) is 0 Å². The van der Waals surface area contributed by atoms with E-state index in [0.717, 1.165) is 29.6 Å². The highest BCUT2D eigenvalue weighted by Gasteiger charge is 2.38. The van der Waals surface area contributed by atoms with Crippen molar-refractivity contribution in [3.8, 4) is 11.5 Å². The molecule has 0 amide bonds. The number of likely N-dealkylation sites (N-methyl/N-ethyl adjacent to an activating group) is 1. The first-order chi connectivity index (χ1) is 9.72. The zero-order valence-corrected chi connectivity index (χ0v) is 14.2. The van der Waals surface area contributed by atoms with E-state index >= 15 is 0 Å². The molecule has 0 spiro atoms. The molecule has 110 valence electrons. The third kappa shape index (κ3) is 2.48. The van der Waals surface area contributed by atoms with E-state index in [2.05, 4.69) is 36.2 Å². The quantitative estimate of drug-likeness (QED) is 0.662. The first kappa shape index (κ1) is 14.9. The highest BCUT2D eigenvalue weighted by Crippen LogP contribution is 2.49. The van der Waals surface area contributed by atoms with Gasteiger partial charge in [-0.25, -0.2) is 0 Å². The molecule has 1 saturated heterocycles. The van der Waals surface area contributed by atoms with E-state index in [-0.39, 0.29) is 17.0 Å². The number of rotatable bonds is 0. The van der Waals surface area contributed by atoms with E-state index in [4.69, 9.17) is 16.3 Å². The van der Waals surface area contributed by atoms with Crippen LogP contribution in [-0.4, -0.2) is 25.0 Å². The Hall–Kier alpha value is -1.03. The van der Waals surface area contributed by atoms with E-state index in [1.165, 1.54) is 11.1 Å². The number of hydrogen-bond donors (Lipinski definition) is 0. The molecular formula is C17H17BrClNO. The minimum Gasteiger partial charge on any atom is -0.457 e. The average Bonchev–Trinajstić information content (AvgIpc) is 2.78. The van der Waals surface area contributed by atoms with Crippen molar-refractivity contribution in [1.82, 2.24) is 4.90 Å². The number of fused-ring (bicyclic) bond motifs is 5. The molecule has 0 unspecified atom stereocenters. The van der Waals surface area contributed by atoms with Gasteiger partial charge in [0.15, 0.2) is 0 Å². The number of nitrogens with zero attached hydrogens (tertiary/aromatic N) is 1. The molecule has 0 aromatic heterocycles. The molecule has 0 radical (unpaired) electrons. The Morgan fingerprint density at radius 3 is 2.48 bits per heavy atom. The van der Waals surface area contributed by atoms with Crippen LogP contribution in [0.15, 0.2) is 42.5 Å². The molecule has 4 rings (SSSR count). The standard InChI is InChI=1S/C17H16ClNO.BrH/c1-19-9-14-12-4-2-3-5-16(12)20-17-7-6-11(18)8-13(17)15(14)10-19;/h2-8,14-15H,9-10H2,1H3;1H/t14-,15-;/m0./s1.